The molecule has 0 fully saturated rings. The van der Waals surface area contributed by atoms with Gasteiger partial charge in [0, 0.05) is 23.6 Å². The number of halogens is 1. The van der Waals surface area contributed by atoms with Crippen LogP contribution in [-0.4, -0.2) is 17.4 Å². The van der Waals surface area contributed by atoms with Crippen molar-refractivity contribution in [2.45, 2.75) is 6.92 Å². The quantitative estimate of drug-likeness (QED) is 0.320. The Morgan fingerprint density at radius 2 is 1.96 bits per heavy atom. The van der Waals surface area contributed by atoms with Crippen LogP contribution in [0, 0.1) is 21.4 Å². The lowest BCUT2D eigenvalue weighted by molar-refractivity contribution is -0.384. The first-order valence-electron chi connectivity index (χ1n) is 7.79. The van der Waals surface area contributed by atoms with Gasteiger partial charge in [-0.2, -0.15) is 5.26 Å². The van der Waals surface area contributed by atoms with Gasteiger partial charge in [-0.1, -0.05) is 11.6 Å². The number of rotatable bonds is 7. The molecule has 0 saturated heterocycles. The van der Waals surface area contributed by atoms with Crippen LogP contribution in [0.2, 0.25) is 5.02 Å². The number of benzene rings is 2. The number of nitrogens with zero attached hydrogens (tertiary/aromatic N) is 2. The highest BCUT2D eigenvalue weighted by molar-refractivity contribution is 6.32. The summed E-state index contributed by atoms with van der Waals surface area (Å²) >= 11 is 5.73. The number of hydrogen-bond donors (Lipinski definition) is 2. The van der Waals surface area contributed by atoms with Crippen molar-refractivity contribution in [1.29, 1.82) is 5.26 Å². The van der Waals surface area contributed by atoms with Gasteiger partial charge in [-0.25, -0.2) is 0 Å². The molecule has 1 amide bonds. The molecule has 0 aliphatic carbocycles. The van der Waals surface area contributed by atoms with E-state index in [0.717, 1.165) is 6.07 Å². The van der Waals surface area contributed by atoms with Gasteiger partial charge in [-0.3, -0.25) is 14.9 Å². The number of nitro groups is 1. The Balaban J connectivity index is 2.09. The van der Waals surface area contributed by atoms with Crippen molar-refractivity contribution in [3.8, 4) is 11.8 Å². The van der Waals surface area contributed by atoms with Gasteiger partial charge in [0.1, 0.15) is 22.4 Å². The highest BCUT2D eigenvalue weighted by Crippen LogP contribution is 2.27. The van der Waals surface area contributed by atoms with E-state index in [-0.39, 0.29) is 22.0 Å². The summed E-state index contributed by atoms with van der Waals surface area (Å²) in [5, 5.41) is 25.3. The number of nitriles is 1. The predicted molar refractivity (Wildman–Crippen MR) is 102 cm³/mol. The summed E-state index contributed by atoms with van der Waals surface area (Å²) in [5.41, 5.74) is 0.255. The van der Waals surface area contributed by atoms with Gasteiger partial charge in [0.25, 0.3) is 11.6 Å². The maximum absolute atomic E-state index is 12.2. The van der Waals surface area contributed by atoms with Crippen molar-refractivity contribution >= 4 is 34.6 Å². The fourth-order valence-electron chi connectivity index (χ4n) is 2.05. The minimum atomic E-state index is -0.715. The Morgan fingerprint density at radius 3 is 2.56 bits per heavy atom. The third-order valence-corrected chi connectivity index (χ3v) is 3.63. The van der Waals surface area contributed by atoms with E-state index in [1.165, 1.54) is 18.3 Å². The number of ether oxygens (including phenoxy) is 1. The Bertz CT molecular complexity index is 920. The molecule has 9 heteroatoms. The molecule has 0 aromatic heterocycles. The van der Waals surface area contributed by atoms with Gasteiger partial charge >= 0.3 is 0 Å². The zero-order valence-corrected chi connectivity index (χ0v) is 15.0. The summed E-state index contributed by atoms with van der Waals surface area (Å²) in [6.07, 6.45) is 1.25. The SMILES string of the molecule is CCOc1ccc(N/C=C(/C#N)C(=O)Nc2ccc(Cl)c([N+](=O)[O-])c2)cc1. The summed E-state index contributed by atoms with van der Waals surface area (Å²) < 4.78 is 5.33. The third-order valence-electron chi connectivity index (χ3n) is 3.31. The fourth-order valence-corrected chi connectivity index (χ4v) is 2.23. The summed E-state index contributed by atoms with van der Waals surface area (Å²) in [4.78, 5) is 22.4. The first-order chi connectivity index (χ1) is 12.9. The molecule has 0 unspecified atom stereocenters. The molecular formula is C18H15ClN4O4. The minimum absolute atomic E-state index is 0.0498. The predicted octanol–water partition coefficient (Wildman–Crippen LogP) is 4.10. The van der Waals surface area contributed by atoms with E-state index in [9.17, 15) is 20.2 Å². The zero-order chi connectivity index (χ0) is 19.8. The van der Waals surface area contributed by atoms with Gasteiger partial charge < -0.3 is 15.4 Å². The first kappa shape index (κ1) is 19.8. The number of nitrogens with one attached hydrogen (secondary N) is 2. The molecule has 2 aromatic carbocycles. The molecule has 0 aliphatic heterocycles. The van der Waals surface area contributed by atoms with Crippen LogP contribution in [0.15, 0.2) is 54.2 Å². The van der Waals surface area contributed by atoms with Crippen LogP contribution in [0.4, 0.5) is 17.1 Å². The van der Waals surface area contributed by atoms with E-state index in [0.29, 0.717) is 18.0 Å². The monoisotopic (exact) mass is 386 g/mol. The number of amides is 1. The van der Waals surface area contributed by atoms with E-state index < -0.39 is 10.8 Å². The van der Waals surface area contributed by atoms with Crippen LogP contribution < -0.4 is 15.4 Å². The van der Waals surface area contributed by atoms with Crippen molar-refractivity contribution in [2.75, 3.05) is 17.2 Å². The van der Waals surface area contributed by atoms with Crippen LogP contribution in [-0.2, 0) is 4.79 Å². The molecule has 0 saturated carbocycles. The Morgan fingerprint density at radius 1 is 1.30 bits per heavy atom. The number of carbonyl (C=O) groups is 1. The molecule has 0 aliphatic rings. The summed E-state index contributed by atoms with van der Waals surface area (Å²) in [7, 11) is 0. The number of anilines is 2. The molecule has 2 N–H and O–H groups in total. The fraction of sp³-hybridized carbons (Fsp3) is 0.111. The van der Waals surface area contributed by atoms with E-state index in [4.69, 9.17) is 16.3 Å². The Labute approximate surface area is 160 Å². The highest BCUT2D eigenvalue weighted by atomic mass is 35.5. The molecule has 138 valence electrons. The van der Waals surface area contributed by atoms with E-state index >= 15 is 0 Å². The van der Waals surface area contributed by atoms with E-state index in [1.54, 1.807) is 30.3 Å². The lowest BCUT2D eigenvalue weighted by Crippen LogP contribution is -2.14. The lowest BCUT2D eigenvalue weighted by atomic mass is 10.2. The summed E-state index contributed by atoms with van der Waals surface area (Å²) in [6.45, 7) is 2.43. The van der Waals surface area contributed by atoms with Crippen LogP contribution >= 0.6 is 11.6 Å². The Kier molecular flexibility index (Phi) is 6.74. The first-order valence-corrected chi connectivity index (χ1v) is 8.17. The van der Waals surface area contributed by atoms with Crippen molar-refractivity contribution in [3.05, 3.63) is 69.4 Å². The van der Waals surface area contributed by atoms with Crippen molar-refractivity contribution < 1.29 is 14.5 Å². The Hall–Kier alpha value is -3.57. The van der Waals surface area contributed by atoms with Gasteiger partial charge in [-0.05, 0) is 43.3 Å². The average Bonchev–Trinajstić information content (AvgIpc) is 2.65. The molecule has 0 atom stereocenters. The normalized spacial score (nSPS) is 10.6. The second kappa shape index (κ2) is 9.22. The average molecular weight is 387 g/mol. The molecule has 2 rings (SSSR count). The molecule has 0 spiro atoms. The molecule has 0 heterocycles. The molecule has 8 nitrogen and oxygen atoms in total. The second-order valence-corrected chi connectivity index (χ2v) is 5.56. The highest BCUT2D eigenvalue weighted by Gasteiger charge is 2.15. The minimum Gasteiger partial charge on any atom is -0.494 e. The van der Waals surface area contributed by atoms with Crippen molar-refractivity contribution in [3.63, 3.8) is 0 Å². The summed E-state index contributed by atoms with van der Waals surface area (Å²) in [5.74, 6) is -0.0119. The molecule has 27 heavy (non-hydrogen) atoms. The maximum Gasteiger partial charge on any atom is 0.289 e. The van der Waals surface area contributed by atoms with Crippen LogP contribution in [0.5, 0.6) is 5.75 Å². The smallest absolute Gasteiger partial charge is 0.289 e. The number of nitro benzene ring substituents is 1. The van der Waals surface area contributed by atoms with Gasteiger partial charge in [0.15, 0.2) is 0 Å². The molecule has 0 bridgehead atoms. The topological polar surface area (TPSA) is 117 Å². The largest absolute Gasteiger partial charge is 0.494 e. The van der Waals surface area contributed by atoms with Crippen molar-refractivity contribution in [2.24, 2.45) is 0 Å². The number of carbonyl (C=O) groups excluding carboxylic acids is 1. The van der Waals surface area contributed by atoms with Gasteiger partial charge in [-0.15, -0.1) is 0 Å². The zero-order valence-electron chi connectivity index (χ0n) is 14.2. The molecule has 2 aromatic rings. The van der Waals surface area contributed by atoms with Crippen molar-refractivity contribution in [1.82, 2.24) is 0 Å². The van der Waals surface area contributed by atoms with E-state index in [1.807, 2.05) is 6.92 Å². The second-order valence-electron chi connectivity index (χ2n) is 5.15. The molecule has 0 radical (unpaired) electrons. The molecular weight excluding hydrogens is 372 g/mol. The standard InChI is InChI=1S/C18H15ClN4O4/c1-2-27-15-6-3-13(4-7-15)21-11-12(10-20)18(24)22-14-5-8-16(19)17(9-14)23(25)26/h3-9,11,21H,2H2,1H3,(H,22,24)/b12-11-. The number of hydrogen-bond acceptors (Lipinski definition) is 6. The lowest BCUT2D eigenvalue weighted by Gasteiger charge is -2.07. The van der Waals surface area contributed by atoms with Crippen LogP contribution in [0.1, 0.15) is 6.92 Å². The van der Waals surface area contributed by atoms with Crippen LogP contribution in [0.25, 0.3) is 0 Å². The summed E-state index contributed by atoms with van der Waals surface area (Å²) in [6, 6.07) is 12.6. The van der Waals surface area contributed by atoms with Gasteiger partial charge in [0.05, 0.1) is 11.5 Å². The maximum atomic E-state index is 12.2. The third kappa shape index (κ3) is 5.45. The van der Waals surface area contributed by atoms with Gasteiger partial charge in [0.2, 0.25) is 0 Å². The van der Waals surface area contributed by atoms with Crippen LogP contribution in [0.3, 0.4) is 0 Å². The van der Waals surface area contributed by atoms with E-state index in [2.05, 4.69) is 10.6 Å².